The van der Waals surface area contributed by atoms with Crippen molar-refractivity contribution < 1.29 is 24.5 Å². The molecule has 1 heterocycles. The molecule has 0 amide bonds. The molecule has 7 heteroatoms. The lowest BCUT2D eigenvalue weighted by Gasteiger charge is -1.95. The molecule has 0 saturated heterocycles. The largest absolute Gasteiger partial charge is 0.481 e. The maximum atomic E-state index is 10.4. The molecule has 0 aliphatic heterocycles. The van der Waals surface area contributed by atoms with E-state index in [-0.39, 0.29) is 6.42 Å². The zero-order chi connectivity index (χ0) is 11.8. The molecule has 0 fully saturated rings. The van der Waals surface area contributed by atoms with Crippen molar-refractivity contribution in [3.63, 3.8) is 0 Å². The Balaban J connectivity index is 2.25. The van der Waals surface area contributed by atoms with Crippen molar-refractivity contribution in [3.05, 3.63) is 23.5 Å². The van der Waals surface area contributed by atoms with Gasteiger partial charge in [0.1, 0.15) is 0 Å². The average molecular weight is 247 g/mol. The van der Waals surface area contributed by atoms with Gasteiger partial charge in [-0.25, -0.2) is 5.26 Å². The first kappa shape index (κ1) is 13.0. The van der Waals surface area contributed by atoms with Gasteiger partial charge in [-0.15, -0.1) is 4.33 Å². The lowest BCUT2D eigenvalue weighted by molar-refractivity contribution is -0.432. The standard InChI is InChI=1S/C9H13NO5S/c11-9(12)2-1-8-5-7(6-10-8)3-4-16-15-14-13/h5-6,10,13H,1-4H2,(H,11,12). The minimum Gasteiger partial charge on any atom is -0.481 e. The van der Waals surface area contributed by atoms with Crippen molar-refractivity contribution in [2.75, 3.05) is 5.75 Å². The van der Waals surface area contributed by atoms with Gasteiger partial charge >= 0.3 is 5.97 Å². The molecule has 0 aromatic carbocycles. The summed E-state index contributed by atoms with van der Waals surface area (Å²) in [5.74, 6) is -0.170. The maximum Gasteiger partial charge on any atom is 0.303 e. The number of aliphatic carboxylic acids is 1. The van der Waals surface area contributed by atoms with Crippen LogP contribution in [0.1, 0.15) is 17.7 Å². The summed E-state index contributed by atoms with van der Waals surface area (Å²) in [6, 6.07) is 1.92. The van der Waals surface area contributed by atoms with E-state index in [0.29, 0.717) is 12.2 Å². The van der Waals surface area contributed by atoms with E-state index in [1.165, 1.54) is 0 Å². The Labute approximate surface area is 96.6 Å². The third kappa shape index (κ3) is 5.17. The summed E-state index contributed by atoms with van der Waals surface area (Å²) in [6.45, 7) is 0. The van der Waals surface area contributed by atoms with Crippen molar-refractivity contribution >= 4 is 18.0 Å². The van der Waals surface area contributed by atoms with Crippen LogP contribution in [0.15, 0.2) is 12.3 Å². The molecule has 3 N–H and O–H groups in total. The van der Waals surface area contributed by atoms with Crippen LogP contribution in [-0.4, -0.2) is 27.1 Å². The predicted octanol–water partition coefficient (Wildman–Crippen LogP) is 1.64. The van der Waals surface area contributed by atoms with E-state index in [4.69, 9.17) is 10.4 Å². The molecule has 0 saturated carbocycles. The number of aromatic amines is 1. The lowest BCUT2D eigenvalue weighted by atomic mass is 10.2. The Hall–Kier alpha value is -1.02. The zero-order valence-electron chi connectivity index (χ0n) is 8.51. The molecule has 6 nitrogen and oxygen atoms in total. The number of nitrogens with one attached hydrogen (secondary N) is 1. The number of rotatable bonds is 8. The highest BCUT2D eigenvalue weighted by Gasteiger charge is 2.02. The van der Waals surface area contributed by atoms with Crippen molar-refractivity contribution in [2.45, 2.75) is 19.3 Å². The van der Waals surface area contributed by atoms with Crippen molar-refractivity contribution in [2.24, 2.45) is 0 Å². The summed E-state index contributed by atoms with van der Waals surface area (Å²) in [4.78, 5) is 13.4. The number of hydrogen-bond donors (Lipinski definition) is 3. The van der Waals surface area contributed by atoms with Gasteiger partial charge in [0.2, 0.25) is 0 Å². The first-order valence-electron chi connectivity index (χ1n) is 4.70. The highest BCUT2D eigenvalue weighted by atomic mass is 32.2. The third-order valence-corrected chi connectivity index (χ3v) is 2.49. The SMILES string of the molecule is O=C(O)CCc1cc(CCSOOO)c[nH]1. The van der Waals surface area contributed by atoms with Gasteiger partial charge in [-0.2, -0.15) is 0 Å². The fourth-order valence-corrected chi connectivity index (χ4v) is 1.67. The Morgan fingerprint density at radius 3 is 3.00 bits per heavy atom. The van der Waals surface area contributed by atoms with Crippen LogP contribution < -0.4 is 0 Å². The van der Waals surface area contributed by atoms with Gasteiger partial charge in [0.15, 0.2) is 0 Å². The molecular weight excluding hydrogens is 234 g/mol. The first-order chi connectivity index (χ1) is 7.72. The Bertz CT molecular complexity index is 327. The summed E-state index contributed by atoms with van der Waals surface area (Å²) in [7, 11) is 0. The van der Waals surface area contributed by atoms with E-state index in [1.54, 1.807) is 0 Å². The van der Waals surface area contributed by atoms with E-state index in [9.17, 15) is 4.79 Å². The number of carboxylic acids is 1. The van der Waals surface area contributed by atoms with Crippen LogP contribution in [0.4, 0.5) is 0 Å². The second-order valence-corrected chi connectivity index (χ2v) is 3.92. The minimum atomic E-state index is -0.805. The maximum absolute atomic E-state index is 10.4. The van der Waals surface area contributed by atoms with E-state index in [1.807, 2.05) is 12.3 Å². The second-order valence-electron chi connectivity index (χ2n) is 3.14. The fraction of sp³-hybridized carbons (Fsp3) is 0.444. The van der Waals surface area contributed by atoms with Gasteiger partial charge in [0.25, 0.3) is 0 Å². The number of H-pyrrole nitrogens is 1. The highest BCUT2D eigenvalue weighted by molar-refractivity contribution is 7.94. The fourth-order valence-electron chi connectivity index (χ4n) is 1.24. The molecule has 0 aliphatic carbocycles. The van der Waals surface area contributed by atoms with Gasteiger partial charge in [-0.05, 0) is 24.5 Å². The molecule has 90 valence electrons. The summed E-state index contributed by atoms with van der Waals surface area (Å²) in [6.07, 6.45) is 3.20. The normalized spacial score (nSPS) is 10.6. The second kappa shape index (κ2) is 7.29. The lowest BCUT2D eigenvalue weighted by Crippen LogP contribution is -1.97. The van der Waals surface area contributed by atoms with Crippen LogP contribution in [0.2, 0.25) is 0 Å². The molecule has 0 atom stereocenters. The van der Waals surface area contributed by atoms with E-state index < -0.39 is 5.97 Å². The van der Waals surface area contributed by atoms with Gasteiger partial charge in [-0.1, -0.05) is 5.04 Å². The molecule has 1 aromatic heterocycles. The van der Waals surface area contributed by atoms with Crippen LogP contribution in [0, 0.1) is 0 Å². The Morgan fingerprint density at radius 1 is 1.50 bits per heavy atom. The summed E-state index contributed by atoms with van der Waals surface area (Å²) >= 11 is 0.995. The number of aromatic nitrogens is 1. The van der Waals surface area contributed by atoms with Crippen molar-refractivity contribution in [1.82, 2.24) is 4.98 Å². The van der Waals surface area contributed by atoms with Crippen LogP contribution >= 0.6 is 12.0 Å². The Morgan fingerprint density at radius 2 is 2.31 bits per heavy atom. The third-order valence-electron chi connectivity index (χ3n) is 1.96. The number of hydrogen-bond acceptors (Lipinski definition) is 5. The van der Waals surface area contributed by atoms with Gasteiger partial charge in [-0.3, -0.25) is 4.79 Å². The molecule has 0 spiro atoms. The van der Waals surface area contributed by atoms with Crippen LogP contribution in [0.3, 0.4) is 0 Å². The van der Waals surface area contributed by atoms with Crippen molar-refractivity contribution in [1.29, 1.82) is 0 Å². The summed E-state index contributed by atoms with van der Waals surface area (Å²) in [5, 5.41) is 19.8. The minimum absolute atomic E-state index is 0.121. The summed E-state index contributed by atoms with van der Waals surface area (Å²) < 4.78 is 4.23. The first-order valence-corrected chi connectivity index (χ1v) is 5.61. The molecule has 1 rings (SSSR count). The van der Waals surface area contributed by atoms with E-state index in [0.717, 1.165) is 29.7 Å². The molecular formula is C9H13NO5S. The quantitative estimate of drug-likeness (QED) is 0.280. The van der Waals surface area contributed by atoms with Gasteiger partial charge < -0.3 is 10.1 Å². The number of carboxylic acid groups (broad SMARTS) is 1. The van der Waals surface area contributed by atoms with Gasteiger partial charge in [0, 0.05) is 29.7 Å². The molecule has 0 radical (unpaired) electrons. The monoisotopic (exact) mass is 247 g/mol. The number of aryl methyl sites for hydroxylation is 2. The zero-order valence-corrected chi connectivity index (χ0v) is 9.33. The average Bonchev–Trinajstić information content (AvgIpc) is 2.70. The molecule has 16 heavy (non-hydrogen) atoms. The van der Waals surface area contributed by atoms with Gasteiger partial charge in [0.05, 0.1) is 6.42 Å². The highest BCUT2D eigenvalue weighted by Crippen LogP contribution is 2.10. The molecule has 0 bridgehead atoms. The van der Waals surface area contributed by atoms with E-state index in [2.05, 4.69) is 14.4 Å². The molecule has 1 aromatic rings. The van der Waals surface area contributed by atoms with Crippen LogP contribution in [0.25, 0.3) is 0 Å². The van der Waals surface area contributed by atoms with Crippen LogP contribution in [0.5, 0.6) is 0 Å². The van der Waals surface area contributed by atoms with Crippen molar-refractivity contribution in [3.8, 4) is 0 Å². The van der Waals surface area contributed by atoms with Crippen LogP contribution in [-0.2, 0) is 27.0 Å². The Kier molecular flexibility index (Phi) is 5.94. The number of carbonyl (C=O) groups is 1. The molecule has 0 unspecified atom stereocenters. The topological polar surface area (TPSA) is 91.8 Å². The summed E-state index contributed by atoms with van der Waals surface area (Å²) in [5.41, 5.74) is 1.97. The molecule has 0 aliphatic rings. The van der Waals surface area contributed by atoms with E-state index >= 15 is 0 Å². The predicted molar refractivity (Wildman–Crippen MR) is 57.7 cm³/mol. The smallest absolute Gasteiger partial charge is 0.303 e.